The van der Waals surface area contributed by atoms with Gasteiger partial charge in [0.25, 0.3) is 0 Å². The lowest BCUT2D eigenvalue weighted by Crippen LogP contribution is -2.42. The largest absolute Gasteiger partial charge is 0.324 e. The van der Waals surface area contributed by atoms with Crippen LogP contribution in [0.3, 0.4) is 0 Å². The molecule has 0 radical (unpaired) electrons. The molecule has 6 heteroatoms. The Morgan fingerprint density at radius 2 is 2.29 bits per heavy atom. The molecule has 0 aliphatic carbocycles. The fraction of sp³-hybridized carbons (Fsp3) is 0.533. The van der Waals surface area contributed by atoms with Crippen molar-refractivity contribution in [3.8, 4) is 0 Å². The third kappa shape index (κ3) is 4.77. The topological polar surface area (TPSA) is 44.4 Å². The number of anilines is 1. The maximum absolute atomic E-state index is 12.4. The molecule has 1 atom stereocenters. The number of halogens is 2. The summed E-state index contributed by atoms with van der Waals surface area (Å²) in [7, 11) is 0. The van der Waals surface area contributed by atoms with E-state index in [2.05, 4.69) is 10.6 Å². The minimum Gasteiger partial charge on any atom is -0.324 e. The van der Waals surface area contributed by atoms with Gasteiger partial charge in [0, 0.05) is 18.1 Å². The molecule has 0 spiro atoms. The van der Waals surface area contributed by atoms with E-state index < -0.39 is 0 Å². The Bertz CT molecular complexity index is 490. The summed E-state index contributed by atoms with van der Waals surface area (Å²) in [6.07, 6.45) is 2.33. The summed E-state index contributed by atoms with van der Waals surface area (Å²) in [4.78, 5) is 14.2. The minimum absolute atomic E-state index is 0.132. The highest BCUT2D eigenvalue weighted by molar-refractivity contribution is 6.35. The van der Waals surface area contributed by atoms with Crippen LogP contribution in [0, 0.1) is 5.92 Å². The summed E-state index contributed by atoms with van der Waals surface area (Å²) in [5.41, 5.74) is 0.550. The molecule has 1 heterocycles. The second-order valence-electron chi connectivity index (χ2n) is 5.31. The molecule has 0 bridgehead atoms. The van der Waals surface area contributed by atoms with Gasteiger partial charge in [0.2, 0.25) is 0 Å². The van der Waals surface area contributed by atoms with Crippen molar-refractivity contribution in [2.75, 3.05) is 31.5 Å². The van der Waals surface area contributed by atoms with E-state index in [4.69, 9.17) is 23.2 Å². The zero-order chi connectivity index (χ0) is 15.2. The summed E-state index contributed by atoms with van der Waals surface area (Å²) in [5, 5.41) is 7.25. The van der Waals surface area contributed by atoms with E-state index in [0.717, 1.165) is 26.1 Å². The van der Waals surface area contributed by atoms with Crippen LogP contribution in [0.4, 0.5) is 10.5 Å². The van der Waals surface area contributed by atoms with Crippen molar-refractivity contribution in [1.29, 1.82) is 0 Å². The Kier molecular flexibility index (Phi) is 6.15. The monoisotopic (exact) mass is 329 g/mol. The van der Waals surface area contributed by atoms with Crippen molar-refractivity contribution in [1.82, 2.24) is 10.2 Å². The van der Waals surface area contributed by atoms with Crippen molar-refractivity contribution in [3.05, 3.63) is 28.2 Å². The molecule has 1 aliphatic rings. The molecule has 1 unspecified atom stereocenters. The Hall–Kier alpha value is -0.970. The van der Waals surface area contributed by atoms with E-state index in [1.807, 2.05) is 11.8 Å². The molecule has 2 N–H and O–H groups in total. The van der Waals surface area contributed by atoms with Crippen LogP contribution in [0.2, 0.25) is 10.0 Å². The van der Waals surface area contributed by atoms with Crippen LogP contribution in [0.15, 0.2) is 18.2 Å². The number of urea groups is 1. The van der Waals surface area contributed by atoms with Gasteiger partial charge in [0.05, 0.1) is 10.7 Å². The normalized spacial score (nSPS) is 18.3. The van der Waals surface area contributed by atoms with Crippen molar-refractivity contribution in [2.24, 2.45) is 5.92 Å². The summed E-state index contributed by atoms with van der Waals surface area (Å²) in [5.74, 6) is 0.513. The first-order valence-electron chi connectivity index (χ1n) is 7.32. The lowest BCUT2D eigenvalue weighted by molar-refractivity contribution is 0.197. The number of nitrogens with one attached hydrogen (secondary N) is 2. The predicted octanol–water partition coefficient (Wildman–Crippen LogP) is 3.85. The molecular weight excluding hydrogens is 309 g/mol. The molecule has 21 heavy (non-hydrogen) atoms. The number of rotatable bonds is 4. The fourth-order valence-electron chi connectivity index (χ4n) is 2.53. The number of carbonyl (C=O) groups is 1. The Labute approximate surface area is 135 Å². The quantitative estimate of drug-likeness (QED) is 0.881. The van der Waals surface area contributed by atoms with Gasteiger partial charge in [-0.3, -0.25) is 0 Å². The molecule has 4 nitrogen and oxygen atoms in total. The summed E-state index contributed by atoms with van der Waals surface area (Å²) >= 11 is 12.0. The fourth-order valence-corrected chi connectivity index (χ4v) is 2.87. The lowest BCUT2D eigenvalue weighted by atomic mass is 9.99. The van der Waals surface area contributed by atoms with Crippen LogP contribution < -0.4 is 10.6 Å². The maximum atomic E-state index is 12.4. The van der Waals surface area contributed by atoms with Crippen LogP contribution in [0.1, 0.15) is 19.8 Å². The highest BCUT2D eigenvalue weighted by Gasteiger charge is 2.20. The Morgan fingerprint density at radius 3 is 2.95 bits per heavy atom. The number of piperidine rings is 1. The van der Waals surface area contributed by atoms with Gasteiger partial charge >= 0.3 is 6.03 Å². The molecule has 1 fully saturated rings. The smallest absolute Gasteiger partial charge is 0.321 e. The van der Waals surface area contributed by atoms with Crippen LogP contribution in [0.25, 0.3) is 0 Å². The average Bonchev–Trinajstić information content (AvgIpc) is 2.49. The first-order valence-corrected chi connectivity index (χ1v) is 8.07. The highest BCUT2D eigenvalue weighted by atomic mass is 35.5. The van der Waals surface area contributed by atoms with E-state index in [0.29, 0.717) is 28.2 Å². The molecule has 1 aliphatic heterocycles. The van der Waals surface area contributed by atoms with Gasteiger partial charge in [-0.05, 0) is 57.0 Å². The SMILES string of the molecule is CCN(CC1CCCNC1)C(=O)Nc1cc(Cl)ccc1Cl. The summed E-state index contributed by atoms with van der Waals surface area (Å²) < 4.78 is 0. The molecule has 116 valence electrons. The lowest BCUT2D eigenvalue weighted by Gasteiger charge is -2.29. The summed E-state index contributed by atoms with van der Waals surface area (Å²) in [6, 6.07) is 4.91. The van der Waals surface area contributed by atoms with Crippen molar-refractivity contribution >= 4 is 34.9 Å². The van der Waals surface area contributed by atoms with Crippen molar-refractivity contribution in [3.63, 3.8) is 0 Å². The third-order valence-electron chi connectivity index (χ3n) is 3.72. The van der Waals surface area contributed by atoms with Crippen LogP contribution in [0.5, 0.6) is 0 Å². The molecule has 1 aromatic rings. The number of hydrogen-bond donors (Lipinski definition) is 2. The van der Waals surface area contributed by atoms with E-state index in [1.165, 1.54) is 6.42 Å². The van der Waals surface area contributed by atoms with E-state index in [9.17, 15) is 4.79 Å². The number of benzene rings is 1. The first-order chi connectivity index (χ1) is 10.1. The summed E-state index contributed by atoms with van der Waals surface area (Å²) in [6.45, 7) is 5.46. The zero-order valence-electron chi connectivity index (χ0n) is 12.2. The first kappa shape index (κ1) is 16.4. The average molecular weight is 330 g/mol. The van der Waals surface area contributed by atoms with Crippen molar-refractivity contribution in [2.45, 2.75) is 19.8 Å². The predicted molar refractivity (Wildman–Crippen MR) is 88.3 cm³/mol. The molecule has 0 aromatic heterocycles. The van der Waals surface area contributed by atoms with E-state index >= 15 is 0 Å². The van der Waals surface area contributed by atoms with Gasteiger partial charge in [0.1, 0.15) is 0 Å². The molecular formula is C15H21Cl2N3O. The molecule has 0 saturated carbocycles. The second kappa shape index (κ2) is 7.87. The standard InChI is InChI=1S/C15H21Cl2N3O/c1-2-20(10-11-4-3-7-18-9-11)15(21)19-14-8-12(16)5-6-13(14)17/h5-6,8,11,18H,2-4,7,9-10H2,1H3,(H,19,21). The maximum Gasteiger partial charge on any atom is 0.321 e. The van der Waals surface area contributed by atoms with Crippen LogP contribution in [-0.4, -0.2) is 37.1 Å². The highest BCUT2D eigenvalue weighted by Crippen LogP contribution is 2.25. The van der Waals surface area contributed by atoms with Gasteiger partial charge in [-0.15, -0.1) is 0 Å². The zero-order valence-corrected chi connectivity index (χ0v) is 13.7. The van der Waals surface area contributed by atoms with Gasteiger partial charge in [-0.2, -0.15) is 0 Å². The van der Waals surface area contributed by atoms with Crippen molar-refractivity contribution < 1.29 is 4.79 Å². The van der Waals surface area contributed by atoms with Gasteiger partial charge in [-0.1, -0.05) is 23.2 Å². The van der Waals surface area contributed by atoms with Crippen LogP contribution in [-0.2, 0) is 0 Å². The van der Waals surface area contributed by atoms with Gasteiger partial charge in [-0.25, -0.2) is 4.79 Å². The molecule has 1 aromatic carbocycles. The Morgan fingerprint density at radius 1 is 1.48 bits per heavy atom. The number of hydrogen-bond acceptors (Lipinski definition) is 2. The molecule has 2 rings (SSSR count). The second-order valence-corrected chi connectivity index (χ2v) is 6.15. The molecule has 2 amide bonds. The van der Waals surface area contributed by atoms with Gasteiger partial charge in [0.15, 0.2) is 0 Å². The Balaban J connectivity index is 1.97. The van der Waals surface area contributed by atoms with Gasteiger partial charge < -0.3 is 15.5 Å². The van der Waals surface area contributed by atoms with Crippen LogP contribution >= 0.6 is 23.2 Å². The molecule has 1 saturated heterocycles. The third-order valence-corrected chi connectivity index (χ3v) is 4.28. The number of carbonyl (C=O) groups excluding carboxylic acids is 1. The number of nitrogens with zero attached hydrogens (tertiary/aromatic N) is 1. The number of amides is 2. The minimum atomic E-state index is -0.132. The van der Waals surface area contributed by atoms with E-state index in [1.54, 1.807) is 18.2 Å². The van der Waals surface area contributed by atoms with E-state index in [-0.39, 0.29) is 6.03 Å².